The molecule has 0 fully saturated rings. The summed E-state index contributed by atoms with van der Waals surface area (Å²) < 4.78 is 11.4. The fourth-order valence-corrected chi connectivity index (χ4v) is 3.89. The summed E-state index contributed by atoms with van der Waals surface area (Å²) >= 11 is 12.3. The van der Waals surface area contributed by atoms with Crippen molar-refractivity contribution in [2.24, 2.45) is 4.99 Å². The molecule has 0 bridgehead atoms. The van der Waals surface area contributed by atoms with E-state index in [1.165, 1.54) is 6.07 Å². The molecule has 1 heterocycles. The predicted octanol–water partition coefficient (Wildman–Crippen LogP) is 8.16. The summed E-state index contributed by atoms with van der Waals surface area (Å²) in [5.41, 5.74) is 2.22. The van der Waals surface area contributed by atoms with Gasteiger partial charge in [0.15, 0.2) is 5.58 Å². The normalized spacial score (nSPS) is 11.2. The standard InChI is InChI=1S/C26H14Cl2N4O6/c27-16-3-8-21(28)20(11-16)26-30-22-12-17(4-9-24(22)38-26)29-14-15-1-6-19(7-2-15)37-25-10-5-18(31(33)34)13-23(25)32(35)36/h1-14H. The van der Waals surface area contributed by atoms with Crippen LogP contribution in [0.15, 0.2) is 88.3 Å². The van der Waals surface area contributed by atoms with Gasteiger partial charge in [0.25, 0.3) is 5.69 Å². The molecule has 0 amide bonds. The van der Waals surface area contributed by atoms with Gasteiger partial charge in [-0.3, -0.25) is 25.2 Å². The van der Waals surface area contributed by atoms with Crippen LogP contribution in [0.3, 0.4) is 0 Å². The monoisotopic (exact) mass is 548 g/mol. The zero-order valence-electron chi connectivity index (χ0n) is 19.1. The number of halogens is 2. The summed E-state index contributed by atoms with van der Waals surface area (Å²) in [4.78, 5) is 29.7. The van der Waals surface area contributed by atoms with Crippen molar-refractivity contribution in [2.45, 2.75) is 0 Å². The molecule has 0 saturated heterocycles. The van der Waals surface area contributed by atoms with Crippen LogP contribution in [0.5, 0.6) is 11.5 Å². The van der Waals surface area contributed by atoms with E-state index >= 15 is 0 Å². The molecule has 0 saturated carbocycles. The SMILES string of the molecule is O=[N+]([O-])c1ccc(Oc2ccc(C=Nc3ccc4oc(-c5cc(Cl)ccc5Cl)nc4c3)cc2)c([N+](=O)[O-])c1. The van der Waals surface area contributed by atoms with E-state index in [0.717, 1.165) is 17.7 Å². The number of hydrogen-bond donors (Lipinski definition) is 0. The first-order chi connectivity index (χ1) is 18.3. The van der Waals surface area contributed by atoms with E-state index in [0.29, 0.717) is 44.0 Å². The molecule has 12 heteroatoms. The van der Waals surface area contributed by atoms with Gasteiger partial charge in [-0.2, -0.15) is 0 Å². The number of nitrogens with zero attached hydrogens (tertiary/aromatic N) is 4. The van der Waals surface area contributed by atoms with Crippen molar-refractivity contribution in [3.8, 4) is 23.0 Å². The Morgan fingerprint density at radius 3 is 2.42 bits per heavy atom. The summed E-state index contributed by atoms with van der Waals surface area (Å²) in [6, 6.07) is 20.2. The highest BCUT2D eigenvalue weighted by atomic mass is 35.5. The largest absolute Gasteiger partial charge is 0.450 e. The van der Waals surface area contributed by atoms with Crippen LogP contribution in [0.25, 0.3) is 22.6 Å². The summed E-state index contributed by atoms with van der Waals surface area (Å²) in [5, 5.41) is 23.2. The van der Waals surface area contributed by atoms with Gasteiger partial charge in [-0.25, -0.2) is 4.98 Å². The maximum atomic E-state index is 11.3. The third-order valence-corrected chi connectivity index (χ3v) is 5.92. The zero-order valence-corrected chi connectivity index (χ0v) is 20.6. The minimum absolute atomic E-state index is 0.110. The number of aromatic nitrogens is 1. The Morgan fingerprint density at radius 1 is 0.895 bits per heavy atom. The number of nitro groups is 2. The first-order valence-electron chi connectivity index (χ1n) is 10.9. The van der Waals surface area contributed by atoms with Gasteiger partial charge in [-0.1, -0.05) is 23.2 Å². The lowest BCUT2D eigenvalue weighted by Gasteiger charge is -2.06. The first-order valence-corrected chi connectivity index (χ1v) is 11.6. The van der Waals surface area contributed by atoms with Crippen molar-refractivity contribution in [1.82, 2.24) is 4.98 Å². The van der Waals surface area contributed by atoms with Crippen LogP contribution in [0.2, 0.25) is 10.0 Å². The Bertz CT molecular complexity index is 1730. The van der Waals surface area contributed by atoms with Crippen LogP contribution in [-0.2, 0) is 0 Å². The maximum Gasteiger partial charge on any atom is 0.318 e. The molecule has 0 radical (unpaired) electrons. The number of fused-ring (bicyclic) bond motifs is 1. The number of benzene rings is 4. The molecular formula is C26H14Cl2N4O6. The van der Waals surface area contributed by atoms with E-state index in [9.17, 15) is 20.2 Å². The third kappa shape index (κ3) is 5.31. The smallest absolute Gasteiger partial charge is 0.318 e. The molecule has 188 valence electrons. The lowest BCUT2D eigenvalue weighted by molar-refractivity contribution is -0.394. The molecule has 10 nitrogen and oxygen atoms in total. The molecule has 0 aliphatic carbocycles. The van der Waals surface area contributed by atoms with Crippen LogP contribution in [0.4, 0.5) is 17.1 Å². The fourth-order valence-electron chi connectivity index (χ4n) is 3.52. The predicted molar refractivity (Wildman–Crippen MR) is 143 cm³/mol. The molecule has 5 rings (SSSR count). The zero-order chi connectivity index (χ0) is 26.8. The second kappa shape index (κ2) is 10.3. The molecule has 1 aromatic heterocycles. The van der Waals surface area contributed by atoms with Crippen LogP contribution >= 0.6 is 23.2 Å². The summed E-state index contributed by atoms with van der Waals surface area (Å²) in [6.07, 6.45) is 1.63. The lowest BCUT2D eigenvalue weighted by Crippen LogP contribution is -1.96. The molecule has 0 N–H and O–H groups in total. The van der Waals surface area contributed by atoms with Gasteiger partial charge in [-0.15, -0.1) is 0 Å². The van der Waals surface area contributed by atoms with Gasteiger partial charge in [0.2, 0.25) is 11.6 Å². The van der Waals surface area contributed by atoms with Crippen LogP contribution in [0, 0.1) is 20.2 Å². The van der Waals surface area contributed by atoms with Crippen molar-refractivity contribution in [1.29, 1.82) is 0 Å². The van der Waals surface area contributed by atoms with Crippen LogP contribution < -0.4 is 4.74 Å². The van der Waals surface area contributed by atoms with Crippen molar-refractivity contribution >= 4 is 57.6 Å². The van der Waals surface area contributed by atoms with Crippen LogP contribution in [-0.4, -0.2) is 21.0 Å². The van der Waals surface area contributed by atoms with Crippen LogP contribution in [0.1, 0.15) is 5.56 Å². The quantitative estimate of drug-likeness (QED) is 0.114. The molecule has 4 aromatic carbocycles. The van der Waals surface area contributed by atoms with Gasteiger partial charge >= 0.3 is 5.69 Å². The number of rotatable bonds is 7. The Morgan fingerprint density at radius 2 is 1.68 bits per heavy atom. The van der Waals surface area contributed by atoms with E-state index in [-0.39, 0.29) is 5.75 Å². The molecule has 5 aromatic rings. The maximum absolute atomic E-state index is 11.3. The van der Waals surface area contributed by atoms with Gasteiger partial charge < -0.3 is 9.15 Å². The second-order valence-electron chi connectivity index (χ2n) is 7.89. The van der Waals surface area contributed by atoms with Gasteiger partial charge in [0, 0.05) is 17.3 Å². The molecule has 38 heavy (non-hydrogen) atoms. The Kier molecular flexibility index (Phi) is 6.73. The van der Waals surface area contributed by atoms with Crippen molar-refractivity contribution in [2.75, 3.05) is 0 Å². The first kappa shape index (κ1) is 24.9. The van der Waals surface area contributed by atoms with Crippen molar-refractivity contribution in [3.63, 3.8) is 0 Å². The molecule has 0 unspecified atom stereocenters. The number of nitro benzene ring substituents is 2. The van der Waals surface area contributed by atoms with E-state index in [1.807, 2.05) is 0 Å². The fraction of sp³-hybridized carbons (Fsp3) is 0. The second-order valence-corrected chi connectivity index (χ2v) is 8.73. The highest BCUT2D eigenvalue weighted by Gasteiger charge is 2.21. The van der Waals surface area contributed by atoms with Gasteiger partial charge in [0.1, 0.15) is 11.3 Å². The minimum Gasteiger partial charge on any atom is -0.450 e. The topological polar surface area (TPSA) is 134 Å². The average molecular weight is 549 g/mol. The van der Waals surface area contributed by atoms with Gasteiger partial charge in [0.05, 0.1) is 32.2 Å². The Hall–Kier alpha value is -4.80. The number of ether oxygens (including phenoxy) is 1. The summed E-state index contributed by atoms with van der Waals surface area (Å²) in [5.74, 6) is 0.550. The number of non-ortho nitro benzene ring substituents is 1. The summed E-state index contributed by atoms with van der Waals surface area (Å²) in [7, 11) is 0. The third-order valence-electron chi connectivity index (χ3n) is 5.35. The van der Waals surface area contributed by atoms with Crippen molar-refractivity contribution < 1.29 is 19.0 Å². The Balaban J connectivity index is 1.32. The molecular weight excluding hydrogens is 535 g/mol. The van der Waals surface area contributed by atoms with E-state index in [4.69, 9.17) is 32.4 Å². The Labute approximate surface area is 224 Å². The number of hydrogen-bond acceptors (Lipinski definition) is 8. The highest BCUT2D eigenvalue weighted by Crippen LogP contribution is 2.35. The average Bonchev–Trinajstić information content (AvgIpc) is 3.33. The highest BCUT2D eigenvalue weighted by molar-refractivity contribution is 6.35. The molecule has 0 aliphatic rings. The minimum atomic E-state index is -0.735. The molecule has 0 atom stereocenters. The van der Waals surface area contributed by atoms with E-state index in [1.54, 1.807) is 66.9 Å². The lowest BCUT2D eigenvalue weighted by atomic mass is 10.2. The van der Waals surface area contributed by atoms with Gasteiger partial charge in [-0.05, 0) is 72.3 Å². The van der Waals surface area contributed by atoms with E-state index < -0.39 is 21.2 Å². The molecule has 0 aliphatic heterocycles. The molecule has 0 spiro atoms. The van der Waals surface area contributed by atoms with Crippen molar-refractivity contribution in [3.05, 3.63) is 115 Å². The summed E-state index contributed by atoms with van der Waals surface area (Å²) in [6.45, 7) is 0. The number of oxazole rings is 1. The number of aliphatic imine (C=N–C) groups is 1. The van der Waals surface area contributed by atoms with E-state index in [2.05, 4.69) is 9.98 Å².